The first-order valence-corrected chi connectivity index (χ1v) is 9.53. The van der Waals surface area contributed by atoms with E-state index in [9.17, 15) is 14.4 Å². The van der Waals surface area contributed by atoms with Crippen molar-refractivity contribution < 1.29 is 14.4 Å². The highest BCUT2D eigenvalue weighted by Gasteiger charge is 2.22. The van der Waals surface area contributed by atoms with Crippen molar-refractivity contribution in [3.05, 3.63) is 64.6 Å². The molecule has 148 valence electrons. The van der Waals surface area contributed by atoms with Crippen molar-refractivity contribution in [1.29, 1.82) is 0 Å². The van der Waals surface area contributed by atoms with E-state index in [0.29, 0.717) is 12.2 Å². The molecule has 0 saturated carbocycles. The Bertz CT molecular complexity index is 829. The molecule has 1 unspecified atom stereocenters. The molecule has 0 aliphatic heterocycles. The minimum atomic E-state index is -0.660. The summed E-state index contributed by atoms with van der Waals surface area (Å²) in [5, 5.41) is 7.70. The van der Waals surface area contributed by atoms with Crippen molar-refractivity contribution in [3.63, 3.8) is 0 Å². The van der Waals surface area contributed by atoms with Gasteiger partial charge in [-0.15, -0.1) is 0 Å². The number of urea groups is 1. The second-order valence-corrected chi connectivity index (χ2v) is 7.13. The molecule has 0 aliphatic rings. The van der Waals surface area contributed by atoms with Crippen LogP contribution in [0.15, 0.2) is 59.1 Å². The Hall–Kier alpha value is -2.71. The zero-order valence-electron chi connectivity index (χ0n) is 15.7. The van der Waals surface area contributed by atoms with Gasteiger partial charge in [0, 0.05) is 11.0 Å². The fourth-order valence-electron chi connectivity index (χ4n) is 2.35. The number of hydrogen-bond donors (Lipinski definition) is 3. The van der Waals surface area contributed by atoms with E-state index in [1.165, 1.54) is 0 Å². The first-order chi connectivity index (χ1) is 13.4. The largest absolute Gasteiger partial charge is 0.334 e. The van der Waals surface area contributed by atoms with Gasteiger partial charge in [0.1, 0.15) is 0 Å². The number of carbonyl (C=O) groups is 3. The second kappa shape index (κ2) is 10.6. The molecule has 0 spiro atoms. The number of amides is 4. The Morgan fingerprint density at radius 2 is 1.68 bits per heavy atom. The lowest BCUT2D eigenvalue weighted by atomic mass is 10.2. The van der Waals surface area contributed by atoms with Crippen LogP contribution < -0.4 is 16.0 Å². The summed E-state index contributed by atoms with van der Waals surface area (Å²) >= 11 is 3.36. The summed E-state index contributed by atoms with van der Waals surface area (Å²) in [6.45, 7) is 1.95. The number of nitrogens with zero attached hydrogens (tertiary/aromatic N) is 1. The monoisotopic (exact) mass is 446 g/mol. The van der Waals surface area contributed by atoms with Crippen LogP contribution in [0.4, 0.5) is 10.5 Å². The second-order valence-electron chi connectivity index (χ2n) is 6.28. The molecule has 0 heterocycles. The number of para-hydroxylation sites is 1. The van der Waals surface area contributed by atoms with Gasteiger partial charge >= 0.3 is 6.03 Å². The van der Waals surface area contributed by atoms with Crippen LogP contribution in [0.1, 0.15) is 12.5 Å². The maximum Gasteiger partial charge on any atom is 0.321 e. The van der Waals surface area contributed by atoms with Crippen LogP contribution in [0.25, 0.3) is 0 Å². The molecular formula is C20H23BrN4O3. The molecule has 1 atom stereocenters. The number of imide groups is 1. The van der Waals surface area contributed by atoms with E-state index < -0.39 is 18.0 Å². The highest BCUT2D eigenvalue weighted by atomic mass is 79.9. The SMILES string of the molecule is CC(C(=O)NC(=O)NCc1ccccc1)N(C)CC(=O)Nc1ccccc1Br. The van der Waals surface area contributed by atoms with Gasteiger partial charge in [-0.1, -0.05) is 42.5 Å². The number of rotatable bonds is 7. The van der Waals surface area contributed by atoms with E-state index in [4.69, 9.17) is 0 Å². The van der Waals surface area contributed by atoms with Gasteiger partial charge in [0.25, 0.3) is 0 Å². The lowest BCUT2D eigenvalue weighted by molar-refractivity contribution is -0.125. The minimum absolute atomic E-state index is 0.00154. The Kier molecular flexibility index (Phi) is 8.16. The van der Waals surface area contributed by atoms with Gasteiger partial charge in [0.2, 0.25) is 11.8 Å². The van der Waals surface area contributed by atoms with E-state index in [1.807, 2.05) is 48.5 Å². The molecular weight excluding hydrogens is 424 g/mol. The molecule has 7 nitrogen and oxygen atoms in total. The third-order valence-corrected chi connectivity index (χ3v) is 4.81. The summed E-state index contributed by atoms with van der Waals surface area (Å²) in [5.74, 6) is -0.746. The molecule has 2 rings (SSSR count). The van der Waals surface area contributed by atoms with Crippen molar-refractivity contribution >= 4 is 39.5 Å². The van der Waals surface area contributed by atoms with Gasteiger partial charge in [-0.25, -0.2) is 4.79 Å². The van der Waals surface area contributed by atoms with Crippen LogP contribution in [0.2, 0.25) is 0 Å². The van der Waals surface area contributed by atoms with Crippen LogP contribution in [0, 0.1) is 0 Å². The van der Waals surface area contributed by atoms with Gasteiger partial charge < -0.3 is 10.6 Å². The maximum atomic E-state index is 12.2. The number of benzene rings is 2. The highest BCUT2D eigenvalue weighted by Crippen LogP contribution is 2.21. The Morgan fingerprint density at radius 3 is 2.36 bits per heavy atom. The van der Waals surface area contributed by atoms with Crippen molar-refractivity contribution in [2.75, 3.05) is 18.9 Å². The normalized spacial score (nSPS) is 11.6. The molecule has 0 fully saturated rings. The van der Waals surface area contributed by atoms with Crippen molar-refractivity contribution in [3.8, 4) is 0 Å². The molecule has 0 saturated heterocycles. The summed E-state index contributed by atoms with van der Waals surface area (Å²) in [6, 6.07) is 15.4. The Balaban J connectivity index is 1.78. The number of halogens is 1. The van der Waals surface area contributed by atoms with E-state index >= 15 is 0 Å². The van der Waals surface area contributed by atoms with Crippen LogP contribution in [-0.2, 0) is 16.1 Å². The molecule has 0 radical (unpaired) electrons. The van der Waals surface area contributed by atoms with Crippen LogP contribution >= 0.6 is 15.9 Å². The lowest BCUT2D eigenvalue weighted by Crippen LogP contribution is -2.49. The number of carbonyl (C=O) groups excluding carboxylic acids is 3. The summed E-state index contributed by atoms with van der Waals surface area (Å²) < 4.78 is 0.770. The highest BCUT2D eigenvalue weighted by molar-refractivity contribution is 9.10. The summed E-state index contributed by atoms with van der Waals surface area (Å²) in [7, 11) is 1.64. The van der Waals surface area contributed by atoms with Crippen molar-refractivity contribution in [1.82, 2.24) is 15.5 Å². The molecule has 0 bridgehead atoms. The molecule has 8 heteroatoms. The standard InChI is InChI=1S/C20H23BrN4O3/c1-14(19(27)24-20(28)22-12-15-8-4-3-5-9-15)25(2)13-18(26)23-17-11-7-6-10-16(17)21/h3-11,14H,12-13H2,1-2H3,(H,23,26)(H2,22,24,27,28). The lowest BCUT2D eigenvalue weighted by Gasteiger charge is -2.23. The first kappa shape index (κ1) is 21.6. The predicted molar refractivity (Wildman–Crippen MR) is 112 cm³/mol. The average Bonchev–Trinajstić information content (AvgIpc) is 2.68. The van der Waals surface area contributed by atoms with Gasteiger partial charge in [-0.2, -0.15) is 0 Å². The van der Waals surface area contributed by atoms with Gasteiger partial charge in [0.05, 0.1) is 18.3 Å². The number of hydrogen-bond acceptors (Lipinski definition) is 4. The third-order valence-electron chi connectivity index (χ3n) is 4.11. The molecule has 3 N–H and O–H groups in total. The fraction of sp³-hybridized carbons (Fsp3) is 0.250. The first-order valence-electron chi connectivity index (χ1n) is 8.74. The van der Waals surface area contributed by atoms with E-state index in [2.05, 4.69) is 31.9 Å². The van der Waals surface area contributed by atoms with Crippen molar-refractivity contribution in [2.24, 2.45) is 0 Å². The van der Waals surface area contributed by atoms with Crippen LogP contribution in [0.5, 0.6) is 0 Å². The van der Waals surface area contributed by atoms with Gasteiger partial charge in [-0.3, -0.25) is 19.8 Å². The number of anilines is 1. The Morgan fingerprint density at radius 1 is 1.04 bits per heavy atom. The zero-order valence-corrected chi connectivity index (χ0v) is 17.3. The number of likely N-dealkylation sites (N-methyl/N-ethyl adjacent to an activating group) is 1. The maximum absolute atomic E-state index is 12.2. The molecule has 0 aliphatic carbocycles. The smallest absolute Gasteiger partial charge is 0.321 e. The molecule has 4 amide bonds. The van der Waals surface area contributed by atoms with Crippen LogP contribution in [0.3, 0.4) is 0 Å². The van der Waals surface area contributed by atoms with Crippen LogP contribution in [-0.4, -0.2) is 42.4 Å². The number of nitrogens with one attached hydrogen (secondary N) is 3. The third kappa shape index (κ3) is 6.79. The van der Waals surface area contributed by atoms with E-state index in [0.717, 1.165) is 10.0 Å². The molecule has 28 heavy (non-hydrogen) atoms. The molecule has 2 aromatic carbocycles. The topological polar surface area (TPSA) is 90.5 Å². The zero-order chi connectivity index (χ0) is 20.5. The summed E-state index contributed by atoms with van der Waals surface area (Å²) in [4.78, 5) is 37.9. The summed E-state index contributed by atoms with van der Waals surface area (Å²) in [5.41, 5.74) is 1.58. The van der Waals surface area contributed by atoms with Gasteiger partial charge in [0.15, 0.2) is 0 Å². The Labute approximate surface area is 172 Å². The summed E-state index contributed by atoms with van der Waals surface area (Å²) in [6.07, 6.45) is 0. The predicted octanol–water partition coefficient (Wildman–Crippen LogP) is 2.73. The van der Waals surface area contributed by atoms with E-state index in [-0.39, 0.29) is 12.5 Å². The van der Waals surface area contributed by atoms with E-state index in [1.54, 1.807) is 24.9 Å². The fourth-order valence-corrected chi connectivity index (χ4v) is 2.74. The van der Waals surface area contributed by atoms with Crippen molar-refractivity contribution in [2.45, 2.75) is 19.5 Å². The van der Waals surface area contributed by atoms with Gasteiger partial charge in [-0.05, 0) is 47.6 Å². The average molecular weight is 447 g/mol. The minimum Gasteiger partial charge on any atom is -0.334 e. The quantitative estimate of drug-likeness (QED) is 0.609. The molecule has 0 aromatic heterocycles. The molecule has 2 aromatic rings.